The second-order valence-corrected chi connectivity index (χ2v) is 6.41. The Balaban J connectivity index is 1.54. The van der Waals surface area contributed by atoms with Gasteiger partial charge in [-0.05, 0) is 29.8 Å². The second kappa shape index (κ2) is 9.61. The van der Waals surface area contributed by atoms with E-state index in [1.807, 2.05) is 0 Å². The number of benzene rings is 2. The van der Waals surface area contributed by atoms with Crippen molar-refractivity contribution in [2.45, 2.75) is 13.2 Å². The van der Waals surface area contributed by atoms with Crippen LogP contribution in [0.15, 0.2) is 60.0 Å². The Morgan fingerprint density at radius 1 is 1.37 bits per heavy atom. The van der Waals surface area contributed by atoms with Crippen molar-refractivity contribution in [2.24, 2.45) is 5.10 Å². The number of carbonyl (C=O) groups is 1. The van der Waals surface area contributed by atoms with E-state index in [1.54, 1.807) is 30.3 Å². The number of nitrogens with one attached hydrogen (secondary N) is 1. The molecular weight excluding hydrogens is 417 g/mol. The first kappa shape index (κ1) is 20.9. The van der Waals surface area contributed by atoms with Gasteiger partial charge in [0.25, 0.3) is 5.91 Å². The van der Waals surface area contributed by atoms with E-state index in [-0.39, 0.29) is 29.4 Å². The SMILES string of the molecule is O=C(Cn1cc([N+](=O)[O-])cn1)N/N=C\c1cccc(OCc2c(F)cccc2Cl)c1. The van der Waals surface area contributed by atoms with E-state index in [0.717, 1.165) is 17.1 Å². The zero-order chi connectivity index (χ0) is 21.5. The van der Waals surface area contributed by atoms with Crippen molar-refractivity contribution in [3.8, 4) is 5.75 Å². The highest BCUT2D eigenvalue weighted by Gasteiger charge is 2.11. The van der Waals surface area contributed by atoms with Gasteiger partial charge in [0, 0.05) is 5.56 Å². The number of halogens is 2. The molecule has 11 heteroatoms. The smallest absolute Gasteiger partial charge is 0.307 e. The van der Waals surface area contributed by atoms with Crippen molar-refractivity contribution in [1.82, 2.24) is 15.2 Å². The predicted octanol–water partition coefficient (Wildman–Crippen LogP) is 3.31. The second-order valence-electron chi connectivity index (χ2n) is 6.01. The van der Waals surface area contributed by atoms with E-state index in [1.165, 1.54) is 18.3 Å². The molecule has 0 spiro atoms. The Morgan fingerprint density at radius 3 is 2.90 bits per heavy atom. The summed E-state index contributed by atoms with van der Waals surface area (Å²) in [5.74, 6) is -0.496. The van der Waals surface area contributed by atoms with Gasteiger partial charge in [-0.1, -0.05) is 29.8 Å². The maximum absolute atomic E-state index is 13.8. The Labute approximate surface area is 174 Å². The van der Waals surface area contributed by atoms with E-state index >= 15 is 0 Å². The lowest BCUT2D eigenvalue weighted by Crippen LogP contribution is -2.23. The first-order valence-electron chi connectivity index (χ1n) is 8.57. The maximum atomic E-state index is 13.8. The number of aromatic nitrogens is 2. The molecule has 1 N–H and O–H groups in total. The van der Waals surface area contributed by atoms with Crippen molar-refractivity contribution in [3.63, 3.8) is 0 Å². The van der Waals surface area contributed by atoms with Crippen LogP contribution >= 0.6 is 11.6 Å². The van der Waals surface area contributed by atoms with Crippen LogP contribution in [0, 0.1) is 15.9 Å². The van der Waals surface area contributed by atoms with Crippen molar-refractivity contribution >= 4 is 29.4 Å². The summed E-state index contributed by atoms with van der Waals surface area (Å²) in [6.45, 7) is -0.267. The zero-order valence-corrected chi connectivity index (χ0v) is 16.1. The van der Waals surface area contributed by atoms with Gasteiger partial charge in [-0.3, -0.25) is 19.6 Å². The summed E-state index contributed by atoms with van der Waals surface area (Å²) in [6.07, 6.45) is 3.59. The summed E-state index contributed by atoms with van der Waals surface area (Å²) in [4.78, 5) is 21.9. The Bertz CT molecular complexity index is 1080. The lowest BCUT2D eigenvalue weighted by Gasteiger charge is -2.09. The van der Waals surface area contributed by atoms with Crippen LogP contribution < -0.4 is 10.2 Å². The van der Waals surface area contributed by atoms with Crippen LogP contribution in [-0.2, 0) is 17.9 Å². The minimum absolute atomic E-state index is 0.0428. The lowest BCUT2D eigenvalue weighted by atomic mass is 10.2. The van der Waals surface area contributed by atoms with Crippen molar-refractivity contribution in [2.75, 3.05) is 0 Å². The van der Waals surface area contributed by atoms with E-state index in [2.05, 4.69) is 15.6 Å². The molecule has 30 heavy (non-hydrogen) atoms. The molecule has 154 valence electrons. The van der Waals surface area contributed by atoms with Crippen LogP contribution in [0.4, 0.5) is 10.1 Å². The molecule has 0 radical (unpaired) electrons. The minimum Gasteiger partial charge on any atom is -0.489 e. The third-order valence-corrected chi connectivity index (χ3v) is 4.20. The fraction of sp³-hybridized carbons (Fsp3) is 0.105. The molecule has 0 aliphatic carbocycles. The highest BCUT2D eigenvalue weighted by molar-refractivity contribution is 6.31. The Hall–Kier alpha value is -3.79. The van der Waals surface area contributed by atoms with Crippen LogP contribution in [0.25, 0.3) is 0 Å². The molecule has 0 aliphatic rings. The molecule has 0 aliphatic heterocycles. The van der Waals surface area contributed by atoms with Gasteiger partial charge in [-0.15, -0.1) is 0 Å². The summed E-state index contributed by atoms with van der Waals surface area (Å²) in [6, 6.07) is 11.2. The van der Waals surface area contributed by atoms with Crippen molar-refractivity contribution < 1.29 is 18.8 Å². The molecule has 0 saturated heterocycles. The summed E-state index contributed by atoms with van der Waals surface area (Å²) in [5.41, 5.74) is 2.97. The molecule has 2 aromatic carbocycles. The topological polar surface area (TPSA) is 112 Å². The molecular formula is C19H15ClFN5O4. The fourth-order valence-electron chi connectivity index (χ4n) is 2.41. The van der Waals surface area contributed by atoms with Gasteiger partial charge in [0.05, 0.1) is 16.2 Å². The first-order chi connectivity index (χ1) is 14.4. The summed E-state index contributed by atoms with van der Waals surface area (Å²) in [5, 5.41) is 18.4. The van der Waals surface area contributed by atoms with Gasteiger partial charge in [0.15, 0.2) is 0 Å². The highest BCUT2D eigenvalue weighted by Crippen LogP contribution is 2.21. The molecule has 1 aromatic heterocycles. The van der Waals surface area contributed by atoms with E-state index in [4.69, 9.17) is 16.3 Å². The number of rotatable bonds is 8. The van der Waals surface area contributed by atoms with Crippen LogP contribution in [0.3, 0.4) is 0 Å². The largest absolute Gasteiger partial charge is 0.489 e. The molecule has 3 aromatic rings. The van der Waals surface area contributed by atoms with E-state index in [0.29, 0.717) is 11.3 Å². The van der Waals surface area contributed by atoms with Crippen molar-refractivity contribution in [3.05, 3.63) is 86.9 Å². The number of hydrazone groups is 1. The molecule has 3 rings (SSSR count). The fourth-order valence-corrected chi connectivity index (χ4v) is 2.62. The standard InChI is InChI=1S/C19H15ClFN5O4/c20-17-5-2-6-18(21)16(17)12-30-15-4-1-3-13(7-15)8-22-24-19(27)11-25-10-14(9-23-25)26(28)29/h1-10H,11-12H2,(H,24,27)/b22-8-. The quantitative estimate of drug-likeness (QED) is 0.334. The van der Waals surface area contributed by atoms with Crippen LogP contribution in [0.5, 0.6) is 5.75 Å². The van der Waals surface area contributed by atoms with Crippen LogP contribution in [-0.4, -0.2) is 26.8 Å². The average Bonchev–Trinajstić information content (AvgIpc) is 3.17. The summed E-state index contributed by atoms with van der Waals surface area (Å²) >= 11 is 5.98. The van der Waals surface area contributed by atoms with Crippen LogP contribution in [0.1, 0.15) is 11.1 Å². The van der Waals surface area contributed by atoms with Crippen LogP contribution in [0.2, 0.25) is 5.02 Å². The molecule has 1 amide bonds. The third-order valence-electron chi connectivity index (χ3n) is 3.84. The molecule has 9 nitrogen and oxygen atoms in total. The molecule has 0 fully saturated rings. The average molecular weight is 432 g/mol. The number of hydrogen-bond acceptors (Lipinski definition) is 6. The molecule has 0 unspecified atom stereocenters. The molecule has 1 heterocycles. The van der Waals surface area contributed by atoms with Gasteiger partial charge in [-0.25, -0.2) is 9.82 Å². The number of ether oxygens (including phenoxy) is 1. The Morgan fingerprint density at radius 2 is 2.17 bits per heavy atom. The molecule has 0 bridgehead atoms. The number of amides is 1. The maximum Gasteiger partial charge on any atom is 0.307 e. The first-order valence-corrected chi connectivity index (χ1v) is 8.94. The Kier molecular flexibility index (Phi) is 6.71. The van der Waals surface area contributed by atoms with Gasteiger partial charge in [0.1, 0.15) is 37.1 Å². The summed E-state index contributed by atoms with van der Waals surface area (Å²) < 4.78 is 20.5. The highest BCUT2D eigenvalue weighted by atomic mass is 35.5. The minimum atomic E-state index is -0.602. The number of nitrogens with zero attached hydrogens (tertiary/aromatic N) is 4. The van der Waals surface area contributed by atoms with Gasteiger partial charge < -0.3 is 4.74 Å². The molecule has 0 atom stereocenters. The van der Waals surface area contributed by atoms with E-state index < -0.39 is 16.6 Å². The third kappa shape index (κ3) is 5.61. The number of hydrogen-bond donors (Lipinski definition) is 1. The van der Waals surface area contributed by atoms with Crippen molar-refractivity contribution in [1.29, 1.82) is 0 Å². The molecule has 0 saturated carbocycles. The number of carbonyl (C=O) groups excluding carboxylic acids is 1. The predicted molar refractivity (Wildman–Crippen MR) is 107 cm³/mol. The normalized spacial score (nSPS) is 10.9. The number of nitro groups is 1. The van der Waals surface area contributed by atoms with Gasteiger partial charge in [-0.2, -0.15) is 10.2 Å². The van der Waals surface area contributed by atoms with Gasteiger partial charge >= 0.3 is 5.69 Å². The summed E-state index contributed by atoms with van der Waals surface area (Å²) in [7, 11) is 0. The van der Waals surface area contributed by atoms with Gasteiger partial charge in [0.2, 0.25) is 0 Å². The lowest BCUT2D eigenvalue weighted by molar-refractivity contribution is -0.385. The zero-order valence-electron chi connectivity index (χ0n) is 15.4. The monoisotopic (exact) mass is 431 g/mol. The van der Waals surface area contributed by atoms with E-state index in [9.17, 15) is 19.3 Å².